The molecule has 0 unspecified atom stereocenters. The summed E-state index contributed by atoms with van der Waals surface area (Å²) in [5.74, 6) is -0.976. The first-order chi connectivity index (χ1) is 7.16. The number of aromatic nitrogens is 2. The molecule has 0 bridgehead atoms. The second-order valence-electron chi connectivity index (χ2n) is 2.96. The van der Waals surface area contributed by atoms with E-state index in [-0.39, 0.29) is 5.56 Å². The fourth-order valence-corrected chi connectivity index (χ4v) is 1.58. The lowest BCUT2D eigenvalue weighted by atomic mass is 10.3. The Labute approximate surface area is 94.3 Å². The second-order valence-corrected chi connectivity index (χ2v) is 3.87. The zero-order chi connectivity index (χ0) is 10.8. The van der Waals surface area contributed by atoms with Gasteiger partial charge in [0.15, 0.2) is 0 Å². The van der Waals surface area contributed by atoms with E-state index < -0.39 is 5.97 Å². The topological polar surface area (TPSA) is 55.1 Å². The first kappa shape index (κ1) is 9.92. The maximum Gasteiger partial charge on any atom is 0.338 e. The van der Waals surface area contributed by atoms with Gasteiger partial charge in [-0.15, -0.1) is 0 Å². The Bertz CT molecular complexity index is 508. The fourth-order valence-electron chi connectivity index (χ4n) is 1.19. The Hall–Kier alpha value is -1.62. The minimum absolute atomic E-state index is 0.176. The van der Waals surface area contributed by atoms with Gasteiger partial charge in [0.2, 0.25) is 0 Å². The molecule has 1 aromatic carbocycles. The molecular formula is C10H7BrN2O2. The van der Waals surface area contributed by atoms with Crippen LogP contribution >= 0.6 is 15.9 Å². The van der Waals surface area contributed by atoms with Crippen molar-refractivity contribution in [2.24, 2.45) is 0 Å². The van der Waals surface area contributed by atoms with Gasteiger partial charge in [-0.2, -0.15) is 5.10 Å². The van der Waals surface area contributed by atoms with Crippen molar-refractivity contribution in [1.82, 2.24) is 9.78 Å². The lowest BCUT2D eigenvalue weighted by Crippen LogP contribution is -1.95. The fraction of sp³-hybridized carbons (Fsp3) is 0. The Morgan fingerprint density at radius 3 is 2.87 bits per heavy atom. The number of hydrogen-bond donors (Lipinski definition) is 1. The van der Waals surface area contributed by atoms with Crippen LogP contribution < -0.4 is 0 Å². The van der Waals surface area contributed by atoms with Crippen molar-refractivity contribution in [3.8, 4) is 5.69 Å². The van der Waals surface area contributed by atoms with Crippen molar-refractivity contribution in [3.05, 3.63) is 46.7 Å². The molecule has 0 aliphatic heterocycles. The third-order valence-electron chi connectivity index (χ3n) is 1.90. The van der Waals surface area contributed by atoms with Crippen LogP contribution in [0, 0.1) is 0 Å². The van der Waals surface area contributed by atoms with Crippen LogP contribution in [0.15, 0.2) is 41.1 Å². The monoisotopic (exact) mass is 266 g/mol. The van der Waals surface area contributed by atoms with E-state index in [1.54, 1.807) is 0 Å². The van der Waals surface area contributed by atoms with Gasteiger partial charge in [0.05, 0.1) is 17.4 Å². The summed E-state index contributed by atoms with van der Waals surface area (Å²) >= 11 is 3.34. The van der Waals surface area contributed by atoms with Crippen LogP contribution in [-0.4, -0.2) is 20.9 Å². The first-order valence-corrected chi connectivity index (χ1v) is 5.00. The number of aromatic carboxylic acids is 1. The molecule has 76 valence electrons. The van der Waals surface area contributed by atoms with Crippen molar-refractivity contribution in [1.29, 1.82) is 0 Å². The maximum atomic E-state index is 10.6. The number of halogens is 1. The molecule has 2 aromatic rings. The van der Waals surface area contributed by atoms with Gasteiger partial charge in [0.1, 0.15) is 0 Å². The van der Waals surface area contributed by atoms with Crippen LogP contribution in [0.25, 0.3) is 5.69 Å². The lowest BCUT2D eigenvalue weighted by Gasteiger charge is -2.00. The molecule has 2 rings (SSSR count). The molecule has 0 saturated carbocycles. The summed E-state index contributed by atoms with van der Waals surface area (Å²) in [6.45, 7) is 0. The van der Waals surface area contributed by atoms with Crippen LogP contribution in [0.1, 0.15) is 10.4 Å². The van der Waals surface area contributed by atoms with E-state index in [1.807, 2.05) is 24.3 Å². The summed E-state index contributed by atoms with van der Waals surface area (Å²) in [6, 6.07) is 7.47. The predicted molar refractivity (Wildman–Crippen MR) is 58.2 cm³/mol. The molecule has 0 atom stereocenters. The third kappa shape index (κ3) is 2.07. The lowest BCUT2D eigenvalue weighted by molar-refractivity contribution is 0.0697. The SMILES string of the molecule is O=C(O)c1cnn(-c2cccc(Br)c2)c1. The normalized spacial score (nSPS) is 10.2. The van der Waals surface area contributed by atoms with Crippen molar-refractivity contribution in [2.75, 3.05) is 0 Å². The Morgan fingerprint density at radius 2 is 2.27 bits per heavy atom. The molecule has 1 N–H and O–H groups in total. The third-order valence-corrected chi connectivity index (χ3v) is 2.40. The summed E-state index contributed by atoms with van der Waals surface area (Å²) in [4.78, 5) is 10.6. The predicted octanol–water partition coefficient (Wildman–Crippen LogP) is 2.33. The number of hydrogen-bond acceptors (Lipinski definition) is 2. The van der Waals surface area contributed by atoms with Gasteiger partial charge < -0.3 is 5.11 Å². The van der Waals surface area contributed by atoms with Gasteiger partial charge in [-0.05, 0) is 18.2 Å². The zero-order valence-electron chi connectivity index (χ0n) is 7.59. The smallest absolute Gasteiger partial charge is 0.338 e. The van der Waals surface area contributed by atoms with E-state index in [4.69, 9.17) is 5.11 Å². The molecule has 1 aromatic heterocycles. The first-order valence-electron chi connectivity index (χ1n) is 4.21. The molecule has 0 saturated heterocycles. The van der Waals surface area contributed by atoms with Gasteiger partial charge in [-0.25, -0.2) is 9.48 Å². The van der Waals surface area contributed by atoms with Crippen molar-refractivity contribution in [3.63, 3.8) is 0 Å². The van der Waals surface area contributed by atoms with Gasteiger partial charge in [-0.1, -0.05) is 22.0 Å². The molecule has 15 heavy (non-hydrogen) atoms. The number of carboxylic acid groups (broad SMARTS) is 1. The van der Waals surface area contributed by atoms with Crippen LogP contribution in [0.5, 0.6) is 0 Å². The van der Waals surface area contributed by atoms with Gasteiger partial charge in [0, 0.05) is 10.7 Å². The minimum atomic E-state index is -0.976. The van der Waals surface area contributed by atoms with Crippen LogP contribution in [0.4, 0.5) is 0 Å². The molecule has 0 radical (unpaired) electrons. The van der Waals surface area contributed by atoms with E-state index in [0.29, 0.717) is 0 Å². The van der Waals surface area contributed by atoms with Gasteiger partial charge in [0.25, 0.3) is 0 Å². The molecule has 0 amide bonds. The highest BCUT2D eigenvalue weighted by Crippen LogP contribution is 2.15. The highest BCUT2D eigenvalue weighted by molar-refractivity contribution is 9.10. The van der Waals surface area contributed by atoms with Crippen LogP contribution in [0.3, 0.4) is 0 Å². The molecule has 0 fully saturated rings. The largest absolute Gasteiger partial charge is 0.478 e. The summed E-state index contributed by atoms with van der Waals surface area (Å²) in [6.07, 6.45) is 2.80. The molecule has 0 aliphatic carbocycles. The number of benzene rings is 1. The van der Waals surface area contributed by atoms with E-state index in [2.05, 4.69) is 21.0 Å². The molecular weight excluding hydrogens is 260 g/mol. The standard InChI is InChI=1S/C10H7BrN2O2/c11-8-2-1-3-9(4-8)13-6-7(5-12-13)10(14)15/h1-6H,(H,14,15). The van der Waals surface area contributed by atoms with E-state index >= 15 is 0 Å². The average Bonchev–Trinajstić information content (AvgIpc) is 2.66. The van der Waals surface area contributed by atoms with Crippen LogP contribution in [0.2, 0.25) is 0 Å². The van der Waals surface area contributed by atoms with E-state index in [1.165, 1.54) is 17.1 Å². The highest BCUT2D eigenvalue weighted by Gasteiger charge is 2.06. The molecule has 0 aliphatic rings. The average molecular weight is 267 g/mol. The Balaban J connectivity index is 2.41. The quantitative estimate of drug-likeness (QED) is 0.908. The van der Waals surface area contributed by atoms with Crippen LogP contribution in [-0.2, 0) is 0 Å². The summed E-state index contributed by atoms with van der Waals surface area (Å²) in [7, 11) is 0. The molecule has 0 spiro atoms. The van der Waals surface area contributed by atoms with E-state index in [0.717, 1.165) is 10.2 Å². The van der Waals surface area contributed by atoms with Gasteiger partial charge >= 0.3 is 5.97 Å². The second kappa shape index (κ2) is 3.86. The number of carboxylic acids is 1. The van der Waals surface area contributed by atoms with E-state index in [9.17, 15) is 4.79 Å². The number of carbonyl (C=O) groups is 1. The summed E-state index contributed by atoms with van der Waals surface area (Å²) in [5.41, 5.74) is 0.992. The summed E-state index contributed by atoms with van der Waals surface area (Å²) in [5, 5.41) is 12.7. The highest BCUT2D eigenvalue weighted by atomic mass is 79.9. The maximum absolute atomic E-state index is 10.6. The number of rotatable bonds is 2. The van der Waals surface area contributed by atoms with Crippen molar-refractivity contribution in [2.45, 2.75) is 0 Å². The number of nitrogens with zero attached hydrogens (tertiary/aromatic N) is 2. The van der Waals surface area contributed by atoms with Crippen molar-refractivity contribution < 1.29 is 9.90 Å². The Morgan fingerprint density at radius 1 is 1.47 bits per heavy atom. The Kier molecular flexibility index (Phi) is 2.55. The van der Waals surface area contributed by atoms with Gasteiger partial charge in [-0.3, -0.25) is 0 Å². The molecule has 4 nitrogen and oxygen atoms in total. The van der Waals surface area contributed by atoms with Crippen molar-refractivity contribution >= 4 is 21.9 Å². The molecule has 5 heteroatoms. The summed E-state index contributed by atoms with van der Waals surface area (Å²) < 4.78 is 2.45. The molecule has 1 heterocycles. The minimum Gasteiger partial charge on any atom is -0.478 e. The zero-order valence-corrected chi connectivity index (χ0v) is 9.18.